The molecule has 2 aliphatic carbocycles. The summed E-state index contributed by atoms with van der Waals surface area (Å²) < 4.78 is 5.68. The molecule has 0 aromatic carbocycles. The molecule has 18 N–H and O–H groups in total. The number of aliphatic hydroxyl groups excluding tert-OH is 7. The van der Waals surface area contributed by atoms with Crippen molar-refractivity contribution in [2.24, 2.45) is 33.3 Å². The second-order valence-electron chi connectivity index (χ2n) is 18.4. The highest BCUT2D eigenvalue weighted by atomic mass is 16.6. The Morgan fingerprint density at radius 2 is 1.16 bits per heavy atom. The van der Waals surface area contributed by atoms with Gasteiger partial charge in [-0.05, 0) is 24.7 Å². The summed E-state index contributed by atoms with van der Waals surface area (Å²) in [7, 11) is 0. The molecule has 26 nitrogen and oxygen atoms in total. The van der Waals surface area contributed by atoms with Gasteiger partial charge < -0.3 is 94.1 Å². The molecular weight excluding hydrogens is 885 g/mol. The van der Waals surface area contributed by atoms with E-state index >= 15 is 0 Å². The van der Waals surface area contributed by atoms with Gasteiger partial charge in [0.15, 0.2) is 18.1 Å². The highest BCUT2D eigenvalue weighted by Gasteiger charge is 2.52. The molecule has 0 aromatic rings. The monoisotopic (exact) mass is 952 g/mol. The molecule has 0 radical (unpaired) electrons. The molecule has 6 aliphatic rings. The quantitative estimate of drug-likeness (QED) is 0.0915. The molecule has 67 heavy (non-hydrogen) atoms. The molecule has 4 fully saturated rings. The fourth-order valence-electron chi connectivity index (χ4n) is 9.90. The first-order valence-electron chi connectivity index (χ1n) is 23.2. The van der Waals surface area contributed by atoms with Gasteiger partial charge in [-0.1, -0.05) is 64.2 Å². The largest absolute Gasteiger partial charge is 0.394 e. The molecule has 0 bridgehead atoms. The standard InChI is InChI=1S/C41H68N12O14/c42-40-45-13-22(50-40)29(57)27-38(66)52-28(30(58)24-14-46-41(43)53(24)39-33(61)32(60)31(59)25(17-55)67-39)37(65)49-23(16-54)34(62)44-15-26(56)47-20(11-18-7-3-1-4-8-18)35(63)48-21(36(64)51-27)12-19-9-5-2-6-10-19/h18-25,27-33,39,54-55,57-61H,1-17H2,(H2,43,46)(H,44,62)(H,47,56)(H,48,63)(H,49,65)(H,51,64)(H,52,66)(H3,42,45,50)/t20-,21+,22?,23-,24?,25+,27-,28+,29?,30?,31+,32-,33-,39-/m0/s1. The first-order chi connectivity index (χ1) is 32.0. The van der Waals surface area contributed by atoms with Crippen molar-refractivity contribution in [3.8, 4) is 0 Å². The van der Waals surface area contributed by atoms with Gasteiger partial charge in [0.2, 0.25) is 35.4 Å². The molecule has 4 unspecified atom stereocenters. The van der Waals surface area contributed by atoms with Gasteiger partial charge in [-0.15, -0.1) is 0 Å². The minimum Gasteiger partial charge on any atom is -0.394 e. The van der Waals surface area contributed by atoms with Crippen molar-refractivity contribution < 1.29 is 69.2 Å². The number of aliphatic imine (C=N–C) groups is 2. The van der Waals surface area contributed by atoms with Gasteiger partial charge in [0.1, 0.15) is 66.8 Å². The van der Waals surface area contributed by atoms with Crippen LogP contribution in [0.25, 0.3) is 0 Å². The average molecular weight is 953 g/mol. The van der Waals surface area contributed by atoms with Crippen molar-refractivity contribution in [2.75, 3.05) is 32.8 Å². The summed E-state index contributed by atoms with van der Waals surface area (Å²) in [4.78, 5) is 94.0. The summed E-state index contributed by atoms with van der Waals surface area (Å²) in [6, 6.07) is -11.0. The number of amides is 6. The van der Waals surface area contributed by atoms with Gasteiger partial charge in [0, 0.05) is 0 Å². The van der Waals surface area contributed by atoms with Gasteiger partial charge in [0.25, 0.3) is 0 Å². The van der Waals surface area contributed by atoms with Crippen LogP contribution in [0, 0.1) is 11.8 Å². The number of hydrogen-bond acceptors (Lipinski definition) is 20. The number of carbonyl (C=O) groups is 6. The van der Waals surface area contributed by atoms with Crippen LogP contribution in [0.1, 0.15) is 77.0 Å². The predicted octanol–water partition coefficient (Wildman–Crippen LogP) is -7.72. The zero-order chi connectivity index (χ0) is 48.5. The highest BCUT2D eigenvalue weighted by molar-refractivity contribution is 5.98. The predicted molar refractivity (Wildman–Crippen MR) is 233 cm³/mol. The number of nitrogens with one attached hydrogen (secondary N) is 7. The molecule has 0 aromatic heterocycles. The van der Waals surface area contributed by atoms with Crippen LogP contribution in [0.15, 0.2) is 9.98 Å². The molecular formula is C41H68N12O14. The molecule has 6 rings (SSSR count). The minimum absolute atomic E-state index is 0.0263. The molecule has 6 amide bonds. The van der Waals surface area contributed by atoms with Crippen LogP contribution in [0.2, 0.25) is 0 Å². The Morgan fingerprint density at radius 3 is 1.75 bits per heavy atom. The van der Waals surface area contributed by atoms with Crippen molar-refractivity contribution in [1.82, 2.24) is 42.1 Å². The molecule has 4 heterocycles. The lowest BCUT2D eigenvalue weighted by Crippen LogP contribution is -2.70. The van der Waals surface area contributed by atoms with Crippen molar-refractivity contribution in [1.29, 1.82) is 0 Å². The Labute approximate surface area is 386 Å². The molecule has 26 heteroatoms. The van der Waals surface area contributed by atoms with E-state index in [0.717, 1.165) is 69.1 Å². The Balaban J connectivity index is 1.37. The molecule has 4 aliphatic heterocycles. The third kappa shape index (κ3) is 12.6. The number of aliphatic hydroxyl groups is 7. The number of rotatable bonds is 11. The van der Waals surface area contributed by atoms with Crippen LogP contribution in [0.4, 0.5) is 0 Å². The summed E-state index contributed by atoms with van der Waals surface area (Å²) in [6.07, 6.45) is -3.71. The molecule has 2 saturated carbocycles. The van der Waals surface area contributed by atoms with Gasteiger partial charge >= 0.3 is 0 Å². The Kier molecular flexibility index (Phi) is 17.9. The lowest BCUT2D eigenvalue weighted by atomic mass is 9.83. The molecule has 376 valence electrons. The smallest absolute Gasteiger partial charge is 0.246 e. The zero-order valence-corrected chi connectivity index (χ0v) is 37.2. The second-order valence-corrected chi connectivity index (χ2v) is 18.4. The lowest BCUT2D eigenvalue weighted by molar-refractivity contribution is -0.260. The van der Waals surface area contributed by atoms with E-state index in [4.69, 9.17) is 16.2 Å². The number of nitrogens with two attached hydrogens (primary N) is 2. The van der Waals surface area contributed by atoms with E-state index in [-0.39, 0.29) is 37.2 Å². The van der Waals surface area contributed by atoms with Crippen LogP contribution in [-0.4, -0.2) is 206 Å². The highest BCUT2D eigenvalue weighted by Crippen LogP contribution is 2.31. The summed E-state index contributed by atoms with van der Waals surface area (Å²) in [5.41, 5.74) is 12.0. The van der Waals surface area contributed by atoms with Crippen LogP contribution < -0.4 is 48.7 Å². The first-order valence-corrected chi connectivity index (χ1v) is 23.2. The van der Waals surface area contributed by atoms with Crippen LogP contribution in [-0.2, 0) is 33.5 Å². The maximum Gasteiger partial charge on any atom is 0.246 e. The van der Waals surface area contributed by atoms with E-state index in [1.54, 1.807) is 0 Å². The number of carbonyl (C=O) groups excluding carboxylic acids is 6. The summed E-state index contributed by atoms with van der Waals surface area (Å²) >= 11 is 0. The van der Waals surface area contributed by atoms with Crippen molar-refractivity contribution >= 4 is 47.4 Å². The fourth-order valence-corrected chi connectivity index (χ4v) is 9.90. The second kappa shape index (κ2) is 23.4. The van der Waals surface area contributed by atoms with Crippen LogP contribution >= 0.6 is 0 Å². The molecule has 14 atom stereocenters. The van der Waals surface area contributed by atoms with Crippen molar-refractivity contribution in [2.45, 2.75) is 162 Å². The average Bonchev–Trinajstić information content (AvgIpc) is 3.94. The summed E-state index contributed by atoms with van der Waals surface area (Å²) in [5, 5.41) is 93.9. The number of hydrogen-bond donors (Lipinski definition) is 16. The van der Waals surface area contributed by atoms with Crippen LogP contribution in [0.3, 0.4) is 0 Å². The Bertz CT molecular complexity index is 1830. The van der Waals surface area contributed by atoms with Gasteiger partial charge in [-0.3, -0.25) is 38.8 Å². The minimum atomic E-state index is -2.18. The normalized spacial score (nSPS) is 35.8. The third-order valence-corrected chi connectivity index (χ3v) is 13.8. The van der Waals surface area contributed by atoms with E-state index in [2.05, 4.69) is 47.2 Å². The number of guanidine groups is 2. The van der Waals surface area contributed by atoms with E-state index in [9.17, 15) is 64.5 Å². The number of nitrogens with zero attached hydrogens (tertiary/aromatic N) is 3. The number of ether oxygens (including phenoxy) is 1. The van der Waals surface area contributed by atoms with E-state index in [1.165, 1.54) is 0 Å². The third-order valence-electron chi connectivity index (χ3n) is 13.8. The Hall–Kier alpha value is -4.96. The fraction of sp³-hybridized carbons (Fsp3) is 0.805. The summed E-state index contributed by atoms with van der Waals surface area (Å²) in [6.45, 7) is -3.21. The maximum atomic E-state index is 14.7. The molecule has 2 saturated heterocycles. The molecule has 0 spiro atoms. The zero-order valence-electron chi connectivity index (χ0n) is 37.2. The Morgan fingerprint density at radius 1 is 0.612 bits per heavy atom. The van der Waals surface area contributed by atoms with Crippen LogP contribution in [0.5, 0.6) is 0 Å². The SMILES string of the molecule is NC1=NCC(C(O)[C@@H]2NC(=O)[C@@H](CC3CCCCC3)NC(=O)[C@H](CC3CCCCC3)NC(=O)CNC(=O)[C@H](CO)NC(=O)[C@@H](C(O)C3CN=C(N)N3[C@H]3O[C@H](CO)[C@@H](O)[C@H](O)[C@@H]3O)NC2=O)N1. The topological polar surface area (TPSA) is 417 Å². The van der Waals surface area contributed by atoms with E-state index in [1.807, 2.05) is 0 Å². The van der Waals surface area contributed by atoms with Gasteiger partial charge in [0.05, 0.1) is 44.9 Å². The van der Waals surface area contributed by atoms with Gasteiger partial charge in [-0.2, -0.15) is 0 Å². The maximum absolute atomic E-state index is 14.7. The van der Waals surface area contributed by atoms with Crippen molar-refractivity contribution in [3.05, 3.63) is 0 Å². The lowest BCUT2D eigenvalue weighted by Gasteiger charge is -2.46. The van der Waals surface area contributed by atoms with Crippen molar-refractivity contribution in [3.63, 3.8) is 0 Å². The van der Waals surface area contributed by atoms with Gasteiger partial charge in [-0.25, -0.2) is 0 Å². The van der Waals surface area contributed by atoms with E-state index < -0.39 is 153 Å². The summed E-state index contributed by atoms with van der Waals surface area (Å²) in [5.74, 6) is -6.48. The first kappa shape index (κ1) is 51.4. The van der Waals surface area contributed by atoms with E-state index in [0.29, 0.717) is 0 Å².